The zero-order chi connectivity index (χ0) is 14.6. The quantitative estimate of drug-likeness (QED) is 0.836. The SMILES string of the molecule is O=C(Nc1nnc(N2CCOCC2)o1)OCC(Cl)(Cl)Cl. The molecule has 112 valence electrons. The fraction of sp³-hybridized carbons (Fsp3) is 0.667. The van der Waals surface area contributed by atoms with E-state index in [0.717, 1.165) is 0 Å². The maximum Gasteiger partial charge on any atom is 0.415 e. The molecule has 1 aliphatic rings. The van der Waals surface area contributed by atoms with Gasteiger partial charge in [-0.05, 0) is 0 Å². The molecule has 1 aromatic heterocycles. The molecule has 0 saturated carbocycles. The van der Waals surface area contributed by atoms with Crippen LogP contribution in [0, 0.1) is 0 Å². The molecule has 0 spiro atoms. The number of amides is 1. The van der Waals surface area contributed by atoms with Crippen molar-refractivity contribution < 1.29 is 18.7 Å². The summed E-state index contributed by atoms with van der Waals surface area (Å²) in [5.41, 5.74) is 0. The molecule has 1 fully saturated rings. The number of rotatable bonds is 3. The Balaban J connectivity index is 1.84. The average Bonchev–Trinajstić information content (AvgIpc) is 2.85. The number of anilines is 2. The predicted octanol–water partition coefficient (Wildman–Crippen LogP) is 1.82. The van der Waals surface area contributed by atoms with Crippen LogP contribution in [0.25, 0.3) is 0 Å². The van der Waals surface area contributed by atoms with Crippen LogP contribution in [0.4, 0.5) is 16.8 Å². The Hall–Kier alpha value is -0.960. The van der Waals surface area contributed by atoms with E-state index >= 15 is 0 Å². The van der Waals surface area contributed by atoms with E-state index in [0.29, 0.717) is 32.3 Å². The number of carbonyl (C=O) groups is 1. The van der Waals surface area contributed by atoms with Crippen LogP contribution in [0.2, 0.25) is 0 Å². The lowest BCUT2D eigenvalue weighted by Crippen LogP contribution is -2.36. The van der Waals surface area contributed by atoms with E-state index in [-0.39, 0.29) is 6.01 Å². The molecular formula is C9H11Cl3N4O4. The van der Waals surface area contributed by atoms with Gasteiger partial charge in [0.05, 0.1) is 13.2 Å². The summed E-state index contributed by atoms with van der Waals surface area (Å²) >= 11 is 16.3. The van der Waals surface area contributed by atoms with Crippen LogP contribution in [0.15, 0.2) is 4.42 Å². The molecule has 0 unspecified atom stereocenters. The Kier molecular flexibility index (Phi) is 5.14. The van der Waals surface area contributed by atoms with Crippen LogP contribution in [-0.4, -0.2) is 53.0 Å². The molecule has 8 nitrogen and oxygen atoms in total. The van der Waals surface area contributed by atoms with Crippen molar-refractivity contribution in [3.05, 3.63) is 0 Å². The third-order valence-corrected chi connectivity index (χ3v) is 2.60. The minimum atomic E-state index is -1.68. The largest absolute Gasteiger partial charge is 0.445 e. The summed E-state index contributed by atoms with van der Waals surface area (Å²) in [4.78, 5) is 13.2. The Labute approximate surface area is 129 Å². The van der Waals surface area contributed by atoms with Gasteiger partial charge in [0.2, 0.25) is 3.79 Å². The number of morpholine rings is 1. The van der Waals surface area contributed by atoms with E-state index in [4.69, 9.17) is 44.0 Å². The summed E-state index contributed by atoms with van der Waals surface area (Å²) in [6.45, 7) is 2.04. The van der Waals surface area contributed by atoms with Crippen molar-refractivity contribution in [2.24, 2.45) is 0 Å². The van der Waals surface area contributed by atoms with Crippen LogP contribution >= 0.6 is 34.8 Å². The highest BCUT2D eigenvalue weighted by Crippen LogP contribution is 2.26. The van der Waals surface area contributed by atoms with Gasteiger partial charge in [0.15, 0.2) is 0 Å². The topological polar surface area (TPSA) is 89.7 Å². The molecule has 0 aliphatic carbocycles. The van der Waals surface area contributed by atoms with Gasteiger partial charge in [-0.3, -0.25) is 0 Å². The monoisotopic (exact) mass is 344 g/mol. The Bertz CT molecular complexity index is 458. The first-order valence-corrected chi connectivity index (χ1v) is 6.74. The van der Waals surface area contributed by atoms with Crippen LogP contribution < -0.4 is 10.2 Å². The number of hydrogen-bond donors (Lipinski definition) is 1. The van der Waals surface area contributed by atoms with Crippen molar-refractivity contribution in [1.29, 1.82) is 0 Å². The molecular weight excluding hydrogens is 334 g/mol. The Morgan fingerprint density at radius 3 is 2.70 bits per heavy atom. The summed E-state index contributed by atoms with van der Waals surface area (Å²) in [5, 5.41) is 9.71. The minimum Gasteiger partial charge on any atom is -0.445 e. The van der Waals surface area contributed by atoms with E-state index in [1.165, 1.54) is 0 Å². The number of aromatic nitrogens is 2. The molecule has 0 radical (unpaired) electrons. The van der Waals surface area contributed by atoms with Crippen LogP contribution in [0.3, 0.4) is 0 Å². The van der Waals surface area contributed by atoms with Gasteiger partial charge >= 0.3 is 18.1 Å². The standard InChI is InChI=1S/C9H11Cl3N4O4/c10-9(11,12)5-19-8(17)13-6-14-15-7(20-6)16-1-3-18-4-2-16/h1-5H2,(H,13,14,17). The molecule has 2 rings (SSSR count). The number of hydrogen-bond acceptors (Lipinski definition) is 7. The highest BCUT2D eigenvalue weighted by atomic mass is 35.6. The van der Waals surface area contributed by atoms with Crippen LogP contribution in [-0.2, 0) is 9.47 Å². The predicted molar refractivity (Wildman–Crippen MR) is 72.6 cm³/mol. The minimum absolute atomic E-state index is 0.0965. The number of halogens is 3. The molecule has 0 atom stereocenters. The number of nitrogens with zero attached hydrogens (tertiary/aromatic N) is 3. The number of ether oxygens (including phenoxy) is 2. The van der Waals surface area contributed by atoms with Gasteiger partial charge in [-0.2, -0.15) is 0 Å². The summed E-state index contributed by atoms with van der Waals surface area (Å²) in [6, 6.07) is 0.200. The van der Waals surface area contributed by atoms with Crippen LogP contribution in [0.5, 0.6) is 0 Å². The normalized spacial score (nSPS) is 16.1. The lowest BCUT2D eigenvalue weighted by Gasteiger charge is -2.24. The van der Waals surface area contributed by atoms with Crippen LogP contribution in [0.1, 0.15) is 0 Å². The molecule has 20 heavy (non-hydrogen) atoms. The lowest BCUT2D eigenvalue weighted by molar-refractivity contribution is 0.120. The highest BCUT2D eigenvalue weighted by molar-refractivity contribution is 6.67. The Morgan fingerprint density at radius 1 is 1.35 bits per heavy atom. The fourth-order valence-corrected chi connectivity index (χ4v) is 1.58. The van der Waals surface area contributed by atoms with Gasteiger partial charge in [0.25, 0.3) is 0 Å². The molecule has 0 bridgehead atoms. The van der Waals surface area contributed by atoms with Crippen molar-refractivity contribution >= 4 is 52.9 Å². The first-order chi connectivity index (χ1) is 9.44. The van der Waals surface area contributed by atoms with Gasteiger partial charge < -0.3 is 18.8 Å². The van der Waals surface area contributed by atoms with Crippen molar-refractivity contribution in [3.8, 4) is 0 Å². The number of carbonyl (C=O) groups excluding carboxylic acids is 1. The van der Waals surface area contributed by atoms with E-state index < -0.39 is 16.5 Å². The van der Waals surface area contributed by atoms with Gasteiger partial charge in [-0.25, -0.2) is 10.1 Å². The maximum atomic E-state index is 11.4. The Morgan fingerprint density at radius 2 is 2.05 bits per heavy atom. The third-order valence-electron chi connectivity index (χ3n) is 2.27. The average molecular weight is 346 g/mol. The molecule has 1 aliphatic heterocycles. The highest BCUT2D eigenvalue weighted by Gasteiger charge is 2.23. The molecule has 0 aromatic carbocycles. The van der Waals surface area contributed by atoms with Crippen molar-refractivity contribution in [1.82, 2.24) is 10.2 Å². The van der Waals surface area contributed by atoms with Gasteiger partial charge in [0.1, 0.15) is 6.61 Å². The van der Waals surface area contributed by atoms with Gasteiger partial charge in [0, 0.05) is 13.1 Å². The molecule has 1 N–H and O–H groups in total. The summed E-state index contributed by atoms with van der Waals surface area (Å²) in [6.07, 6.45) is -0.853. The van der Waals surface area contributed by atoms with Gasteiger partial charge in [-0.1, -0.05) is 45.0 Å². The van der Waals surface area contributed by atoms with Crippen molar-refractivity contribution in [2.75, 3.05) is 43.1 Å². The first-order valence-electron chi connectivity index (χ1n) is 5.61. The summed E-state index contributed by atoms with van der Waals surface area (Å²) in [7, 11) is 0. The second kappa shape index (κ2) is 6.66. The van der Waals surface area contributed by atoms with Crippen molar-refractivity contribution in [2.45, 2.75) is 3.79 Å². The number of nitrogens with one attached hydrogen (secondary N) is 1. The molecule has 1 amide bonds. The zero-order valence-electron chi connectivity index (χ0n) is 10.1. The van der Waals surface area contributed by atoms with E-state index in [2.05, 4.69) is 20.3 Å². The molecule has 11 heteroatoms. The second-order valence-electron chi connectivity index (χ2n) is 3.81. The zero-order valence-corrected chi connectivity index (χ0v) is 12.4. The molecule has 1 saturated heterocycles. The number of alkyl halides is 3. The molecule has 2 heterocycles. The maximum absolute atomic E-state index is 11.4. The van der Waals surface area contributed by atoms with Gasteiger partial charge in [-0.15, -0.1) is 0 Å². The summed E-state index contributed by atoms with van der Waals surface area (Å²) in [5.74, 6) is 0. The lowest BCUT2D eigenvalue weighted by atomic mass is 10.5. The second-order valence-corrected chi connectivity index (χ2v) is 6.32. The van der Waals surface area contributed by atoms with E-state index in [1.54, 1.807) is 0 Å². The van der Waals surface area contributed by atoms with Crippen molar-refractivity contribution in [3.63, 3.8) is 0 Å². The van der Waals surface area contributed by atoms with E-state index in [9.17, 15) is 4.79 Å². The fourth-order valence-electron chi connectivity index (χ4n) is 1.42. The summed E-state index contributed by atoms with van der Waals surface area (Å²) < 4.78 is 13.4. The first kappa shape index (κ1) is 15.4. The smallest absolute Gasteiger partial charge is 0.415 e. The third kappa shape index (κ3) is 4.86. The van der Waals surface area contributed by atoms with E-state index in [1.807, 2.05) is 4.90 Å². The molecule has 1 aromatic rings.